The van der Waals surface area contributed by atoms with E-state index in [-0.39, 0.29) is 0 Å². The van der Waals surface area contributed by atoms with Crippen molar-refractivity contribution in [2.24, 2.45) is 0 Å². The number of aromatic nitrogens is 4. The Labute approximate surface area is 249 Å². The van der Waals surface area contributed by atoms with Crippen molar-refractivity contribution in [1.29, 1.82) is 0 Å². The van der Waals surface area contributed by atoms with E-state index >= 15 is 0 Å². The van der Waals surface area contributed by atoms with E-state index in [4.69, 9.17) is 9.72 Å². The topological polar surface area (TPSA) is 44.9 Å². The van der Waals surface area contributed by atoms with Crippen LogP contribution in [0, 0.1) is 13.8 Å². The zero-order chi connectivity index (χ0) is 28.9. The average Bonchev–Trinajstić information content (AvgIpc) is 3.57. The molecule has 5 nitrogen and oxygen atoms in total. The number of imidazole rings is 1. The highest BCUT2D eigenvalue weighted by Gasteiger charge is 2.21. The maximum absolute atomic E-state index is 6.48. The molecule has 5 aromatic carbocycles. The maximum atomic E-state index is 6.48. The molecule has 0 aliphatic rings. The molecular formula is C38H28N4O. The molecule has 0 unspecified atom stereocenters. The van der Waals surface area contributed by atoms with Gasteiger partial charge in [0.05, 0.1) is 33.4 Å². The fourth-order valence-electron chi connectivity index (χ4n) is 6.16. The summed E-state index contributed by atoms with van der Waals surface area (Å²) in [5.41, 5.74) is 9.60. The first-order valence-corrected chi connectivity index (χ1v) is 14.4. The third kappa shape index (κ3) is 4.17. The van der Waals surface area contributed by atoms with E-state index in [2.05, 4.69) is 101 Å². The summed E-state index contributed by atoms with van der Waals surface area (Å²) < 4.78 is 11.1. The monoisotopic (exact) mass is 556 g/mol. The molecule has 0 radical (unpaired) electrons. The van der Waals surface area contributed by atoms with Gasteiger partial charge in [0.1, 0.15) is 11.5 Å². The molecule has 0 saturated carbocycles. The van der Waals surface area contributed by atoms with E-state index in [1.807, 2.05) is 54.6 Å². The van der Waals surface area contributed by atoms with Gasteiger partial charge < -0.3 is 4.74 Å². The molecule has 8 rings (SSSR count). The van der Waals surface area contributed by atoms with Crippen molar-refractivity contribution in [3.63, 3.8) is 0 Å². The molecule has 0 fully saturated rings. The van der Waals surface area contributed by atoms with Gasteiger partial charge >= 0.3 is 0 Å². The van der Waals surface area contributed by atoms with Gasteiger partial charge in [-0.2, -0.15) is 0 Å². The summed E-state index contributed by atoms with van der Waals surface area (Å²) in [5, 5.41) is 2.31. The van der Waals surface area contributed by atoms with E-state index < -0.39 is 0 Å². The predicted octanol–water partition coefficient (Wildman–Crippen LogP) is 9.59. The normalized spacial score (nSPS) is 11.5. The van der Waals surface area contributed by atoms with E-state index in [0.717, 1.165) is 61.8 Å². The molecular weight excluding hydrogens is 528 g/mol. The van der Waals surface area contributed by atoms with Gasteiger partial charge in [-0.25, -0.2) is 4.98 Å². The highest BCUT2D eigenvalue weighted by molar-refractivity contribution is 6.09. The molecule has 0 saturated heterocycles. The van der Waals surface area contributed by atoms with Crippen molar-refractivity contribution in [3.8, 4) is 34.4 Å². The first-order chi connectivity index (χ1) is 21.2. The number of ether oxygens (including phenoxy) is 1. The summed E-state index contributed by atoms with van der Waals surface area (Å²) in [4.78, 5) is 9.75. The summed E-state index contributed by atoms with van der Waals surface area (Å²) in [6.07, 6.45) is 1.81. The van der Waals surface area contributed by atoms with Crippen LogP contribution in [0.1, 0.15) is 11.1 Å². The Bertz CT molecular complexity index is 2280. The van der Waals surface area contributed by atoms with Crippen LogP contribution in [0.5, 0.6) is 11.5 Å². The van der Waals surface area contributed by atoms with Gasteiger partial charge in [-0.15, -0.1) is 0 Å². The first kappa shape index (κ1) is 25.1. The van der Waals surface area contributed by atoms with Crippen LogP contribution in [0.4, 0.5) is 0 Å². The zero-order valence-corrected chi connectivity index (χ0v) is 23.9. The molecule has 0 atom stereocenters. The second-order valence-corrected chi connectivity index (χ2v) is 10.9. The van der Waals surface area contributed by atoms with Crippen LogP contribution in [-0.4, -0.2) is 19.1 Å². The van der Waals surface area contributed by atoms with Crippen LogP contribution in [0.3, 0.4) is 0 Å². The van der Waals surface area contributed by atoms with Crippen LogP contribution in [0.25, 0.3) is 55.7 Å². The number of nitrogens with zero attached hydrogens (tertiary/aromatic N) is 4. The van der Waals surface area contributed by atoms with Crippen molar-refractivity contribution in [2.75, 3.05) is 0 Å². The van der Waals surface area contributed by atoms with Gasteiger partial charge in [0.15, 0.2) is 0 Å². The summed E-state index contributed by atoms with van der Waals surface area (Å²) in [6.45, 7) is 4.33. The quantitative estimate of drug-likeness (QED) is 0.212. The largest absolute Gasteiger partial charge is 0.457 e. The molecule has 3 heterocycles. The molecule has 0 aliphatic carbocycles. The number of pyridine rings is 1. The average molecular weight is 557 g/mol. The van der Waals surface area contributed by atoms with E-state index in [1.54, 1.807) is 6.20 Å². The molecule has 8 aromatic rings. The number of benzene rings is 5. The minimum atomic E-state index is 0.754. The Morgan fingerprint density at radius 2 is 1.28 bits per heavy atom. The second kappa shape index (κ2) is 10.00. The SMILES string of the molecule is Cc1cccc(C)c1-n1c(-n2c3ccccc3c3ccc(Oc4cccc(-c5ccccn5)c4)cc32)nc2ccccc21. The molecule has 0 amide bonds. The number of para-hydroxylation sites is 4. The van der Waals surface area contributed by atoms with Crippen molar-refractivity contribution >= 4 is 32.8 Å². The van der Waals surface area contributed by atoms with Crippen molar-refractivity contribution in [3.05, 3.63) is 145 Å². The van der Waals surface area contributed by atoms with Crippen molar-refractivity contribution in [2.45, 2.75) is 13.8 Å². The van der Waals surface area contributed by atoms with Gasteiger partial charge in [-0.3, -0.25) is 14.1 Å². The summed E-state index contributed by atoms with van der Waals surface area (Å²) >= 11 is 0. The fraction of sp³-hybridized carbons (Fsp3) is 0.0526. The second-order valence-electron chi connectivity index (χ2n) is 10.9. The lowest BCUT2D eigenvalue weighted by atomic mass is 10.1. The van der Waals surface area contributed by atoms with Crippen molar-refractivity contribution in [1.82, 2.24) is 19.1 Å². The van der Waals surface area contributed by atoms with Crippen LogP contribution in [0.15, 0.2) is 134 Å². The van der Waals surface area contributed by atoms with Crippen LogP contribution < -0.4 is 4.74 Å². The number of aryl methyl sites for hydroxylation is 2. The minimum absolute atomic E-state index is 0.754. The van der Waals surface area contributed by atoms with Crippen LogP contribution in [0.2, 0.25) is 0 Å². The van der Waals surface area contributed by atoms with Gasteiger partial charge in [0.25, 0.3) is 0 Å². The van der Waals surface area contributed by atoms with E-state index in [9.17, 15) is 0 Å². The third-order valence-electron chi connectivity index (χ3n) is 8.08. The molecule has 0 aliphatic heterocycles. The minimum Gasteiger partial charge on any atom is -0.457 e. The van der Waals surface area contributed by atoms with E-state index in [1.165, 1.54) is 16.5 Å². The molecule has 3 aromatic heterocycles. The van der Waals surface area contributed by atoms with Gasteiger partial charge in [0.2, 0.25) is 5.95 Å². The highest BCUT2D eigenvalue weighted by atomic mass is 16.5. The lowest BCUT2D eigenvalue weighted by Crippen LogP contribution is -2.08. The lowest BCUT2D eigenvalue weighted by Gasteiger charge is -2.17. The Kier molecular flexibility index (Phi) is 5.83. The third-order valence-corrected chi connectivity index (χ3v) is 8.08. The Balaban J connectivity index is 1.35. The zero-order valence-electron chi connectivity index (χ0n) is 23.9. The van der Waals surface area contributed by atoms with Crippen LogP contribution >= 0.6 is 0 Å². The lowest BCUT2D eigenvalue weighted by molar-refractivity contribution is 0.483. The Hall–Kier alpha value is -5.68. The van der Waals surface area contributed by atoms with Gasteiger partial charge in [0, 0.05) is 28.6 Å². The highest BCUT2D eigenvalue weighted by Crippen LogP contribution is 2.38. The maximum Gasteiger partial charge on any atom is 0.220 e. The summed E-state index contributed by atoms with van der Waals surface area (Å²) in [5.74, 6) is 2.36. The number of hydrogen-bond acceptors (Lipinski definition) is 3. The molecule has 43 heavy (non-hydrogen) atoms. The smallest absolute Gasteiger partial charge is 0.220 e. The molecule has 0 spiro atoms. The summed E-state index contributed by atoms with van der Waals surface area (Å²) in [6, 6.07) is 43.6. The Morgan fingerprint density at radius 3 is 2.12 bits per heavy atom. The number of fused-ring (bicyclic) bond motifs is 4. The number of hydrogen-bond donors (Lipinski definition) is 0. The number of rotatable bonds is 5. The summed E-state index contributed by atoms with van der Waals surface area (Å²) in [7, 11) is 0. The first-order valence-electron chi connectivity index (χ1n) is 14.4. The van der Waals surface area contributed by atoms with E-state index in [0.29, 0.717) is 0 Å². The fourth-order valence-corrected chi connectivity index (χ4v) is 6.16. The standard InChI is InChI=1S/C38H28N4O/c1-25-11-9-12-26(2)37(25)42-35-19-6-4-17-33(35)40-38(42)41-34-18-5-3-15-30(34)31-21-20-29(24-36(31)41)43-28-14-10-13-27(23-28)32-16-7-8-22-39-32/h3-24H,1-2H3. The Morgan fingerprint density at radius 1 is 0.558 bits per heavy atom. The van der Waals surface area contributed by atoms with Gasteiger partial charge in [-0.1, -0.05) is 66.7 Å². The molecule has 206 valence electrons. The molecule has 0 N–H and O–H groups in total. The predicted molar refractivity (Wildman–Crippen MR) is 175 cm³/mol. The molecule has 5 heteroatoms. The molecule has 0 bridgehead atoms. The van der Waals surface area contributed by atoms with Gasteiger partial charge in [-0.05, 0) is 79.6 Å². The van der Waals surface area contributed by atoms with Crippen molar-refractivity contribution < 1.29 is 4.74 Å². The van der Waals surface area contributed by atoms with Crippen LogP contribution in [-0.2, 0) is 0 Å².